The van der Waals surface area contributed by atoms with Crippen molar-refractivity contribution in [2.45, 2.75) is 13.8 Å². The first-order chi connectivity index (χ1) is 5.47. The van der Waals surface area contributed by atoms with Crippen LogP contribution in [-0.2, 0) is 19.1 Å². The third-order valence-corrected chi connectivity index (χ3v) is 1.66. The van der Waals surface area contributed by atoms with E-state index in [0.717, 1.165) is 6.08 Å². The van der Waals surface area contributed by atoms with E-state index in [9.17, 15) is 14.4 Å². The highest BCUT2D eigenvalue weighted by atomic mass is 16.6. The van der Waals surface area contributed by atoms with Crippen LogP contribution in [0.2, 0.25) is 0 Å². The smallest absolute Gasteiger partial charge is 0.343 e. The highest BCUT2D eigenvalue weighted by Gasteiger charge is 2.35. The van der Waals surface area contributed by atoms with Crippen LogP contribution in [-0.4, -0.2) is 18.2 Å². The van der Waals surface area contributed by atoms with Gasteiger partial charge in [0, 0.05) is 6.08 Å². The van der Waals surface area contributed by atoms with Crippen LogP contribution in [0.25, 0.3) is 0 Å². The van der Waals surface area contributed by atoms with Gasteiger partial charge in [0.15, 0.2) is 0 Å². The van der Waals surface area contributed by atoms with E-state index in [-0.39, 0.29) is 5.57 Å². The Labute approximate surface area is 69.2 Å². The van der Waals surface area contributed by atoms with Crippen LogP contribution in [0.1, 0.15) is 13.8 Å². The Morgan fingerprint density at radius 1 is 1.42 bits per heavy atom. The number of rotatable bonds is 2. The van der Waals surface area contributed by atoms with E-state index in [1.165, 1.54) is 0 Å². The standard InChI is InChI=1S/C8H8O4/c1-8(2,4-9)5-3-6(10)12-7(5)11/h3-4H,1-2H3. The maximum atomic E-state index is 10.9. The third kappa shape index (κ3) is 1.28. The fraction of sp³-hybridized carbons (Fsp3) is 0.375. The van der Waals surface area contributed by atoms with Crippen molar-refractivity contribution < 1.29 is 19.1 Å². The van der Waals surface area contributed by atoms with Crippen molar-refractivity contribution in [1.82, 2.24) is 0 Å². The molecule has 0 atom stereocenters. The molecule has 0 radical (unpaired) electrons. The minimum Gasteiger partial charge on any atom is -0.386 e. The molecule has 4 heteroatoms. The van der Waals surface area contributed by atoms with Gasteiger partial charge in [0.05, 0.1) is 11.0 Å². The molecule has 0 aromatic rings. The summed E-state index contributed by atoms with van der Waals surface area (Å²) in [5.74, 6) is -1.43. The first-order valence-electron chi connectivity index (χ1n) is 3.42. The summed E-state index contributed by atoms with van der Waals surface area (Å²) in [6, 6.07) is 0. The SMILES string of the molecule is CC(C)(C=O)C1=CC(=O)OC1=O. The van der Waals surface area contributed by atoms with E-state index in [1.807, 2.05) is 0 Å². The molecule has 1 aliphatic rings. The van der Waals surface area contributed by atoms with Crippen LogP contribution in [0.4, 0.5) is 0 Å². The Bertz CT molecular complexity index is 285. The lowest BCUT2D eigenvalue weighted by Gasteiger charge is -2.14. The van der Waals surface area contributed by atoms with E-state index in [4.69, 9.17) is 0 Å². The molecule has 1 aliphatic heterocycles. The number of carbonyl (C=O) groups is 3. The number of hydrogen-bond donors (Lipinski definition) is 0. The molecule has 0 aliphatic carbocycles. The molecule has 1 rings (SSSR count). The van der Waals surface area contributed by atoms with Crippen LogP contribution in [0.5, 0.6) is 0 Å². The minimum absolute atomic E-state index is 0.113. The van der Waals surface area contributed by atoms with E-state index < -0.39 is 17.4 Å². The van der Waals surface area contributed by atoms with Gasteiger partial charge in [-0.15, -0.1) is 0 Å². The number of hydrogen-bond acceptors (Lipinski definition) is 4. The van der Waals surface area contributed by atoms with Crippen LogP contribution in [0.15, 0.2) is 11.6 Å². The van der Waals surface area contributed by atoms with Gasteiger partial charge in [0.25, 0.3) is 0 Å². The van der Waals surface area contributed by atoms with Gasteiger partial charge in [-0.05, 0) is 13.8 Å². The topological polar surface area (TPSA) is 60.4 Å². The molecule has 0 fully saturated rings. The first-order valence-corrected chi connectivity index (χ1v) is 3.42. The molecule has 64 valence electrons. The van der Waals surface area contributed by atoms with Gasteiger partial charge in [-0.2, -0.15) is 0 Å². The summed E-state index contributed by atoms with van der Waals surface area (Å²) in [7, 11) is 0. The Balaban J connectivity index is 3.04. The highest BCUT2D eigenvalue weighted by molar-refractivity contribution is 6.11. The predicted molar refractivity (Wildman–Crippen MR) is 39.0 cm³/mol. The van der Waals surface area contributed by atoms with Gasteiger partial charge in [0.2, 0.25) is 0 Å². The lowest BCUT2D eigenvalue weighted by molar-refractivity contribution is -0.151. The summed E-state index contributed by atoms with van der Waals surface area (Å²) in [6.45, 7) is 3.09. The second-order valence-corrected chi connectivity index (χ2v) is 3.11. The van der Waals surface area contributed by atoms with Gasteiger partial charge in [-0.3, -0.25) is 0 Å². The fourth-order valence-corrected chi connectivity index (χ4v) is 0.865. The lowest BCUT2D eigenvalue weighted by atomic mass is 9.86. The summed E-state index contributed by atoms with van der Waals surface area (Å²) in [5.41, 5.74) is -0.828. The van der Waals surface area contributed by atoms with Crippen molar-refractivity contribution in [2.75, 3.05) is 0 Å². The molecule has 0 saturated carbocycles. The maximum absolute atomic E-state index is 10.9. The molecule has 0 saturated heterocycles. The molecule has 0 N–H and O–H groups in total. The number of aldehydes is 1. The largest absolute Gasteiger partial charge is 0.386 e. The molecule has 12 heavy (non-hydrogen) atoms. The van der Waals surface area contributed by atoms with E-state index in [0.29, 0.717) is 6.29 Å². The summed E-state index contributed by atoms with van der Waals surface area (Å²) in [5, 5.41) is 0. The van der Waals surface area contributed by atoms with Crippen molar-refractivity contribution in [2.24, 2.45) is 5.41 Å². The molecular weight excluding hydrogens is 160 g/mol. The van der Waals surface area contributed by atoms with Gasteiger partial charge in [0.1, 0.15) is 6.29 Å². The van der Waals surface area contributed by atoms with E-state index in [1.54, 1.807) is 13.8 Å². The Kier molecular flexibility index (Phi) is 1.84. The van der Waals surface area contributed by atoms with Crippen LogP contribution >= 0.6 is 0 Å². The zero-order valence-corrected chi connectivity index (χ0v) is 6.79. The van der Waals surface area contributed by atoms with Gasteiger partial charge < -0.3 is 9.53 Å². The lowest BCUT2D eigenvalue weighted by Crippen LogP contribution is -2.20. The molecular formula is C8H8O4. The van der Waals surface area contributed by atoms with Crippen LogP contribution < -0.4 is 0 Å². The minimum atomic E-state index is -0.941. The molecule has 0 aromatic heterocycles. The Morgan fingerprint density at radius 3 is 2.33 bits per heavy atom. The molecule has 4 nitrogen and oxygen atoms in total. The normalized spacial score (nSPS) is 17.3. The monoisotopic (exact) mass is 168 g/mol. The molecule has 0 unspecified atom stereocenters. The van der Waals surface area contributed by atoms with Crippen molar-refractivity contribution in [3.8, 4) is 0 Å². The van der Waals surface area contributed by atoms with Crippen molar-refractivity contribution in [3.05, 3.63) is 11.6 Å². The summed E-state index contributed by atoms with van der Waals surface area (Å²) in [4.78, 5) is 32.0. The van der Waals surface area contributed by atoms with Crippen molar-refractivity contribution in [3.63, 3.8) is 0 Å². The fourth-order valence-electron chi connectivity index (χ4n) is 0.865. The Morgan fingerprint density at radius 2 is 2.00 bits per heavy atom. The average Bonchev–Trinajstić information content (AvgIpc) is 2.31. The third-order valence-electron chi connectivity index (χ3n) is 1.66. The maximum Gasteiger partial charge on any atom is 0.343 e. The van der Waals surface area contributed by atoms with Crippen molar-refractivity contribution in [1.29, 1.82) is 0 Å². The van der Waals surface area contributed by atoms with E-state index >= 15 is 0 Å². The van der Waals surface area contributed by atoms with Gasteiger partial charge in [-0.25, -0.2) is 9.59 Å². The number of cyclic esters (lactones) is 2. The van der Waals surface area contributed by atoms with Crippen LogP contribution in [0, 0.1) is 5.41 Å². The molecule has 0 spiro atoms. The quantitative estimate of drug-likeness (QED) is 0.336. The van der Waals surface area contributed by atoms with Gasteiger partial charge >= 0.3 is 11.9 Å². The second kappa shape index (κ2) is 2.55. The van der Waals surface area contributed by atoms with E-state index in [2.05, 4.69) is 4.74 Å². The molecule has 0 bridgehead atoms. The number of carbonyl (C=O) groups excluding carboxylic acids is 3. The molecule has 1 heterocycles. The zero-order valence-electron chi connectivity index (χ0n) is 6.79. The molecule has 0 aromatic carbocycles. The second-order valence-electron chi connectivity index (χ2n) is 3.11. The summed E-state index contributed by atoms with van der Waals surface area (Å²) >= 11 is 0. The predicted octanol–water partition coefficient (Wildman–Crippen LogP) is 0.221. The Hall–Kier alpha value is -1.45. The highest BCUT2D eigenvalue weighted by Crippen LogP contribution is 2.27. The first kappa shape index (κ1) is 8.64. The summed E-state index contributed by atoms with van der Waals surface area (Å²) < 4.78 is 4.23. The number of ether oxygens (including phenoxy) is 1. The van der Waals surface area contributed by atoms with Crippen LogP contribution in [0.3, 0.4) is 0 Å². The van der Waals surface area contributed by atoms with Gasteiger partial charge in [-0.1, -0.05) is 0 Å². The molecule has 0 amide bonds. The summed E-state index contributed by atoms with van der Waals surface area (Å²) in [6.07, 6.45) is 1.66. The average molecular weight is 168 g/mol. The number of esters is 2. The zero-order chi connectivity index (χ0) is 9.35. The van der Waals surface area contributed by atoms with Crippen molar-refractivity contribution >= 4 is 18.2 Å².